The highest BCUT2D eigenvalue weighted by Crippen LogP contribution is 2.39. The van der Waals surface area contributed by atoms with Crippen LogP contribution in [0.4, 0.5) is 23.8 Å². The van der Waals surface area contributed by atoms with Gasteiger partial charge in [-0.05, 0) is 30.2 Å². The first kappa shape index (κ1) is 25.5. The fraction of sp³-hybridized carbons (Fsp3) is 0.318. The highest BCUT2D eigenvalue weighted by atomic mass is 35.5. The van der Waals surface area contributed by atoms with Gasteiger partial charge in [0.1, 0.15) is 17.2 Å². The van der Waals surface area contributed by atoms with Crippen molar-refractivity contribution in [2.45, 2.75) is 25.6 Å². The lowest BCUT2D eigenvalue weighted by Gasteiger charge is -2.36. The number of alkyl halides is 3. The van der Waals surface area contributed by atoms with Crippen molar-refractivity contribution in [3.8, 4) is 17.5 Å². The van der Waals surface area contributed by atoms with E-state index in [1.54, 1.807) is 6.07 Å². The molecule has 3 heterocycles. The molecule has 1 aromatic carbocycles. The molecule has 4 rings (SSSR count). The third-order valence-electron chi connectivity index (χ3n) is 5.33. The molecular formula is C22H21ClF3N5O5. The Labute approximate surface area is 208 Å². The zero-order valence-corrected chi connectivity index (χ0v) is 19.6. The molecule has 2 N–H and O–H groups in total. The van der Waals surface area contributed by atoms with E-state index in [0.717, 1.165) is 17.0 Å². The molecule has 2 aromatic heterocycles. The molecule has 10 nitrogen and oxygen atoms in total. The Balaban J connectivity index is 1.78. The van der Waals surface area contributed by atoms with Crippen molar-refractivity contribution < 1.29 is 37.7 Å². The second-order valence-corrected chi connectivity index (χ2v) is 8.17. The fourth-order valence-electron chi connectivity index (χ4n) is 3.70. The number of aliphatic hydroxyl groups excluding tert-OH is 2. The fourth-order valence-corrected chi connectivity index (χ4v) is 3.88. The number of halogens is 4. The van der Waals surface area contributed by atoms with Crippen LogP contribution in [0.15, 0.2) is 42.7 Å². The van der Waals surface area contributed by atoms with Gasteiger partial charge in [-0.15, -0.1) is 13.2 Å². The highest BCUT2D eigenvalue weighted by Gasteiger charge is 2.40. The summed E-state index contributed by atoms with van der Waals surface area (Å²) < 4.78 is 49.2. The summed E-state index contributed by atoms with van der Waals surface area (Å²) in [6.07, 6.45) is -3.16. The number of aromatic nitrogens is 3. The van der Waals surface area contributed by atoms with Gasteiger partial charge in [0.2, 0.25) is 0 Å². The second kappa shape index (κ2) is 10.2. The summed E-state index contributed by atoms with van der Waals surface area (Å²) in [6, 6.07) is 5.84. The van der Waals surface area contributed by atoms with Crippen LogP contribution in [0, 0.1) is 0 Å². The molecule has 192 valence electrons. The third kappa shape index (κ3) is 5.32. The second-order valence-electron chi connectivity index (χ2n) is 7.77. The van der Waals surface area contributed by atoms with Crippen molar-refractivity contribution in [2.24, 2.45) is 0 Å². The van der Waals surface area contributed by atoms with Crippen LogP contribution < -0.4 is 14.4 Å². The van der Waals surface area contributed by atoms with E-state index >= 15 is 0 Å². The van der Waals surface area contributed by atoms with Crippen LogP contribution in [-0.4, -0.2) is 62.2 Å². The first-order valence-corrected chi connectivity index (χ1v) is 11.0. The van der Waals surface area contributed by atoms with E-state index < -0.39 is 24.4 Å². The highest BCUT2D eigenvalue weighted by molar-refractivity contribution is 6.31. The largest absolute Gasteiger partial charge is 0.573 e. The van der Waals surface area contributed by atoms with E-state index in [2.05, 4.69) is 14.7 Å². The molecule has 1 aliphatic heterocycles. The first-order valence-electron chi connectivity index (χ1n) is 10.6. The van der Waals surface area contributed by atoms with E-state index in [4.69, 9.17) is 16.3 Å². The maximum absolute atomic E-state index is 12.8. The van der Waals surface area contributed by atoms with Gasteiger partial charge in [0.05, 0.1) is 11.6 Å². The van der Waals surface area contributed by atoms with Gasteiger partial charge < -0.3 is 19.7 Å². The van der Waals surface area contributed by atoms with E-state index in [9.17, 15) is 28.2 Å². The van der Waals surface area contributed by atoms with Crippen LogP contribution in [0.2, 0.25) is 5.02 Å². The summed E-state index contributed by atoms with van der Waals surface area (Å²) in [5, 5.41) is 20.6. The minimum Gasteiger partial charge on any atom is -0.425 e. The quantitative estimate of drug-likeness (QED) is 0.456. The van der Waals surface area contributed by atoms with Gasteiger partial charge >= 0.3 is 18.4 Å². The Morgan fingerprint density at radius 1 is 1.22 bits per heavy atom. The summed E-state index contributed by atoms with van der Waals surface area (Å²) in [6.45, 7) is -0.0944. The number of fused-ring (bicyclic) bond motifs is 1. The Bertz CT molecular complexity index is 1260. The average molecular weight is 528 g/mol. The zero-order valence-electron chi connectivity index (χ0n) is 18.8. The predicted octanol–water partition coefficient (Wildman–Crippen LogP) is 3.92. The van der Waals surface area contributed by atoms with Gasteiger partial charge in [-0.1, -0.05) is 17.7 Å². The van der Waals surface area contributed by atoms with Gasteiger partial charge in [0, 0.05) is 38.7 Å². The number of ether oxygens (including phenoxy) is 2. The Hall–Kier alpha value is -3.55. The summed E-state index contributed by atoms with van der Waals surface area (Å²) in [7, 11) is 1.46. The number of rotatable bonds is 8. The number of urea groups is 1. The number of anilines is 1. The van der Waals surface area contributed by atoms with Crippen molar-refractivity contribution in [3.05, 3.63) is 59.0 Å². The Morgan fingerprint density at radius 2 is 1.97 bits per heavy atom. The van der Waals surface area contributed by atoms with Gasteiger partial charge in [0.25, 0.3) is 0 Å². The average Bonchev–Trinajstić information content (AvgIpc) is 3.16. The summed E-state index contributed by atoms with van der Waals surface area (Å²) in [5.74, 6) is -0.431. The molecule has 0 saturated carbocycles. The van der Waals surface area contributed by atoms with Gasteiger partial charge in [-0.25, -0.2) is 4.79 Å². The molecule has 14 heteroatoms. The number of aliphatic hydroxyl groups is 2. The molecule has 0 aliphatic carbocycles. The number of hydrogen-bond donors (Lipinski definition) is 2. The van der Waals surface area contributed by atoms with E-state index in [0.29, 0.717) is 10.6 Å². The molecule has 1 unspecified atom stereocenters. The van der Waals surface area contributed by atoms with Gasteiger partial charge in [0.15, 0.2) is 12.0 Å². The van der Waals surface area contributed by atoms with Crippen LogP contribution >= 0.6 is 11.6 Å². The molecule has 0 fully saturated rings. The predicted molar refractivity (Wildman–Crippen MR) is 121 cm³/mol. The molecule has 3 aromatic rings. The van der Waals surface area contributed by atoms with Crippen LogP contribution in [0.3, 0.4) is 0 Å². The maximum Gasteiger partial charge on any atom is 0.573 e. The van der Waals surface area contributed by atoms with Crippen molar-refractivity contribution in [2.75, 3.05) is 25.1 Å². The maximum atomic E-state index is 12.8. The third-order valence-corrected chi connectivity index (χ3v) is 5.67. The lowest BCUT2D eigenvalue weighted by molar-refractivity contribution is -0.274. The first-order chi connectivity index (χ1) is 17.1. The normalized spacial score (nSPS) is 15.8. The number of carbonyl (C=O) groups is 1. The molecule has 0 radical (unpaired) electrons. The SMILES string of the molecule is CN1C(=O)N(CCCO)C(O)c2c1nc(Oc1cccc(OC(F)(F)F)c1)n2Cc1ccncc1Cl. The molecule has 0 saturated heterocycles. The molecule has 0 bridgehead atoms. The lowest BCUT2D eigenvalue weighted by atomic mass is 10.2. The summed E-state index contributed by atoms with van der Waals surface area (Å²) in [4.78, 5) is 23.5. The minimum absolute atomic E-state index is 0.0261. The van der Waals surface area contributed by atoms with Crippen LogP contribution in [0.25, 0.3) is 0 Å². The molecule has 1 aliphatic rings. The minimum atomic E-state index is -4.89. The standard InChI is InChI=1S/C22H21ClF3N5O5/c1-29-18-17(19(33)30(21(29)34)8-3-9-32)31(12-13-6-7-27-11-16(13)23)20(28-18)35-14-4-2-5-15(10-14)36-22(24,25)26/h2,4-7,10-11,19,32-33H,3,8-9,12H2,1H3. The number of carbonyl (C=O) groups excluding carboxylic acids is 1. The number of benzene rings is 1. The number of amides is 2. The Kier molecular flexibility index (Phi) is 7.24. The van der Waals surface area contributed by atoms with E-state index in [1.165, 1.54) is 41.0 Å². The van der Waals surface area contributed by atoms with Crippen LogP contribution in [0.5, 0.6) is 17.5 Å². The summed E-state index contributed by atoms with van der Waals surface area (Å²) in [5.41, 5.74) is 0.778. The molecule has 36 heavy (non-hydrogen) atoms. The molecule has 2 amide bonds. The van der Waals surface area contributed by atoms with Gasteiger partial charge in [-0.3, -0.25) is 19.4 Å². The topological polar surface area (TPSA) is 113 Å². The summed E-state index contributed by atoms with van der Waals surface area (Å²) >= 11 is 6.28. The van der Waals surface area contributed by atoms with Crippen LogP contribution in [-0.2, 0) is 6.54 Å². The van der Waals surface area contributed by atoms with Gasteiger partial charge in [-0.2, -0.15) is 4.98 Å². The number of imidazole rings is 1. The van der Waals surface area contributed by atoms with Crippen molar-refractivity contribution in [1.82, 2.24) is 19.4 Å². The smallest absolute Gasteiger partial charge is 0.425 e. The number of pyridine rings is 1. The number of nitrogens with zero attached hydrogens (tertiary/aromatic N) is 5. The lowest BCUT2D eigenvalue weighted by Crippen LogP contribution is -2.49. The molecule has 1 atom stereocenters. The van der Waals surface area contributed by atoms with Crippen molar-refractivity contribution in [1.29, 1.82) is 0 Å². The number of hydrogen-bond acceptors (Lipinski definition) is 7. The van der Waals surface area contributed by atoms with Crippen molar-refractivity contribution in [3.63, 3.8) is 0 Å². The van der Waals surface area contributed by atoms with Crippen molar-refractivity contribution >= 4 is 23.4 Å². The monoisotopic (exact) mass is 527 g/mol. The van der Waals surface area contributed by atoms with Crippen LogP contribution in [0.1, 0.15) is 23.9 Å². The van der Waals surface area contributed by atoms with E-state index in [1.807, 2.05) is 0 Å². The molecule has 0 spiro atoms. The zero-order chi connectivity index (χ0) is 26.0. The Morgan fingerprint density at radius 3 is 2.67 bits per heavy atom. The van der Waals surface area contributed by atoms with E-state index in [-0.39, 0.29) is 49.4 Å². The molecular weight excluding hydrogens is 507 g/mol.